The van der Waals surface area contributed by atoms with E-state index in [0.717, 1.165) is 0 Å². The largest absolute Gasteiger partial charge is 0.0610 e. The Hall–Kier alpha value is -3.38. The topological polar surface area (TPSA) is 0 Å². The Morgan fingerprint density at radius 3 is 1.59 bits per heavy atom. The van der Waals surface area contributed by atoms with Crippen molar-refractivity contribution in [1.29, 1.82) is 0 Å². The maximum absolute atomic E-state index is 2.35. The SMILES string of the molecule is CC(C)c1ccc(-c2ccc3c4cccc5c(C(C)C)ccc(c6cccc2c36)c54)cc1. The van der Waals surface area contributed by atoms with Gasteiger partial charge in [0.2, 0.25) is 0 Å². The van der Waals surface area contributed by atoms with Crippen LogP contribution in [0, 0.1) is 0 Å². The summed E-state index contributed by atoms with van der Waals surface area (Å²) in [5.41, 5.74) is 5.42. The van der Waals surface area contributed by atoms with Gasteiger partial charge >= 0.3 is 0 Å². The van der Waals surface area contributed by atoms with Crippen LogP contribution in [0.3, 0.4) is 0 Å². The normalized spacial score (nSPS) is 12.3. The van der Waals surface area contributed by atoms with Gasteiger partial charge in [-0.2, -0.15) is 0 Å². The highest BCUT2D eigenvalue weighted by Gasteiger charge is 2.17. The van der Waals surface area contributed by atoms with Crippen LogP contribution in [0.4, 0.5) is 0 Å². The van der Waals surface area contributed by atoms with E-state index in [4.69, 9.17) is 0 Å². The summed E-state index contributed by atoms with van der Waals surface area (Å²) < 4.78 is 0. The van der Waals surface area contributed by atoms with E-state index in [1.54, 1.807) is 0 Å². The standard InChI is InChI=1S/C32H28/c1-19(2)21-11-13-22(14-12-21)24-16-18-30-27-9-5-7-25-23(20(3)4)15-17-29(31(25)27)28-10-6-8-26(24)32(28)30/h5-20H,1-4H3. The van der Waals surface area contributed by atoms with Gasteiger partial charge in [0.25, 0.3) is 0 Å². The summed E-state index contributed by atoms with van der Waals surface area (Å²) in [5.74, 6) is 1.06. The first kappa shape index (κ1) is 19.3. The lowest BCUT2D eigenvalue weighted by molar-refractivity contribution is 0.867. The van der Waals surface area contributed by atoms with Gasteiger partial charge < -0.3 is 0 Å². The van der Waals surface area contributed by atoms with E-state index in [1.807, 2.05) is 0 Å². The highest BCUT2D eigenvalue weighted by atomic mass is 14.2. The molecule has 0 heterocycles. The molecule has 0 aliphatic rings. The van der Waals surface area contributed by atoms with Crippen molar-refractivity contribution in [3.05, 3.63) is 96.1 Å². The summed E-state index contributed by atoms with van der Waals surface area (Å²) in [4.78, 5) is 0. The molecule has 0 spiro atoms. The zero-order valence-electron chi connectivity index (χ0n) is 19.2. The number of hydrogen-bond donors (Lipinski definition) is 0. The van der Waals surface area contributed by atoms with Gasteiger partial charge in [0.15, 0.2) is 0 Å². The molecule has 6 aromatic carbocycles. The number of fused-ring (bicyclic) bond motifs is 2. The van der Waals surface area contributed by atoms with Crippen LogP contribution in [0.25, 0.3) is 54.2 Å². The molecule has 0 N–H and O–H groups in total. The van der Waals surface area contributed by atoms with Crippen LogP contribution in [0.1, 0.15) is 50.7 Å². The molecule has 0 saturated carbocycles. The van der Waals surface area contributed by atoms with E-state index >= 15 is 0 Å². The summed E-state index contributed by atoms with van der Waals surface area (Å²) in [6, 6.07) is 32.1. The third-order valence-corrected chi connectivity index (χ3v) is 7.21. The minimum absolute atomic E-state index is 0.507. The quantitative estimate of drug-likeness (QED) is 0.200. The average molecular weight is 413 g/mol. The molecule has 156 valence electrons. The van der Waals surface area contributed by atoms with Gasteiger partial charge in [0.1, 0.15) is 0 Å². The van der Waals surface area contributed by atoms with Crippen LogP contribution in [0.2, 0.25) is 0 Å². The van der Waals surface area contributed by atoms with Crippen molar-refractivity contribution < 1.29 is 0 Å². The molecule has 6 aromatic rings. The highest BCUT2D eigenvalue weighted by Crippen LogP contribution is 2.44. The van der Waals surface area contributed by atoms with Crippen molar-refractivity contribution in [2.24, 2.45) is 0 Å². The lowest BCUT2D eigenvalue weighted by Gasteiger charge is -2.19. The fourth-order valence-electron chi connectivity index (χ4n) is 5.54. The Morgan fingerprint density at radius 2 is 0.969 bits per heavy atom. The minimum atomic E-state index is 0.507. The predicted molar refractivity (Wildman–Crippen MR) is 141 cm³/mol. The molecule has 0 amide bonds. The molecule has 0 aromatic heterocycles. The highest BCUT2D eigenvalue weighted by molar-refractivity contribution is 6.34. The molecule has 0 unspecified atom stereocenters. The van der Waals surface area contributed by atoms with Gasteiger partial charge in [-0.05, 0) is 77.2 Å². The zero-order chi connectivity index (χ0) is 22.0. The minimum Gasteiger partial charge on any atom is -0.0610 e. The van der Waals surface area contributed by atoms with Crippen LogP contribution in [-0.2, 0) is 0 Å². The molecule has 0 radical (unpaired) electrons. The number of rotatable bonds is 3. The maximum Gasteiger partial charge on any atom is -0.00201 e. The summed E-state index contributed by atoms with van der Waals surface area (Å²) in [6.07, 6.45) is 0. The first-order valence-electron chi connectivity index (χ1n) is 11.8. The Kier molecular flexibility index (Phi) is 4.27. The van der Waals surface area contributed by atoms with E-state index in [9.17, 15) is 0 Å². The van der Waals surface area contributed by atoms with Crippen molar-refractivity contribution in [3.8, 4) is 11.1 Å². The third kappa shape index (κ3) is 2.69. The zero-order valence-corrected chi connectivity index (χ0v) is 19.2. The third-order valence-electron chi connectivity index (χ3n) is 7.21. The van der Waals surface area contributed by atoms with Gasteiger partial charge in [-0.3, -0.25) is 0 Å². The van der Waals surface area contributed by atoms with E-state index in [1.165, 1.54) is 65.3 Å². The Morgan fingerprint density at radius 1 is 0.438 bits per heavy atom. The van der Waals surface area contributed by atoms with Gasteiger partial charge in [0.05, 0.1) is 0 Å². The van der Waals surface area contributed by atoms with E-state index in [0.29, 0.717) is 11.8 Å². The fraction of sp³-hybridized carbons (Fsp3) is 0.188. The molecule has 0 aliphatic heterocycles. The van der Waals surface area contributed by atoms with Gasteiger partial charge in [-0.25, -0.2) is 0 Å². The number of benzene rings is 6. The van der Waals surface area contributed by atoms with Crippen LogP contribution < -0.4 is 0 Å². The monoisotopic (exact) mass is 412 g/mol. The van der Waals surface area contributed by atoms with Gasteiger partial charge in [-0.15, -0.1) is 0 Å². The summed E-state index contributed by atoms with van der Waals surface area (Å²) >= 11 is 0. The van der Waals surface area contributed by atoms with Gasteiger partial charge in [-0.1, -0.05) is 113 Å². The molecular formula is C32H28. The molecule has 0 saturated heterocycles. The van der Waals surface area contributed by atoms with Crippen molar-refractivity contribution in [2.45, 2.75) is 39.5 Å². The molecule has 0 nitrogen and oxygen atoms in total. The molecule has 0 bridgehead atoms. The predicted octanol–water partition coefficient (Wildman–Crippen LogP) is 9.65. The van der Waals surface area contributed by atoms with Crippen molar-refractivity contribution in [2.75, 3.05) is 0 Å². The lowest BCUT2D eigenvalue weighted by Crippen LogP contribution is -1.93. The number of hydrogen-bond acceptors (Lipinski definition) is 0. The maximum atomic E-state index is 2.35. The molecule has 32 heavy (non-hydrogen) atoms. The van der Waals surface area contributed by atoms with Crippen molar-refractivity contribution >= 4 is 43.1 Å². The van der Waals surface area contributed by atoms with E-state index in [-0.39, 0.29) is 0 Å². The van der Waals surface area contributed by atoms with Crippen LogP contribution in [-0.4, -0.2) is 0 Å². The lowest BCUT2D eigenvalue weighted by atomic mass is 9.85. The molecule has 0 heteroatoms. The smallest absolute Gasteiger partial charge is 0.00201 e. The average Bonchev–Trinajstić information content (AvgIpc) is 2.81. The second-order valence-corrected chi connectivity index (χ2v) is 9.75. The Bertz CT molecular complexity index is 1580. The van der Waals surface area contributed by atoms with Crippen LogP contribution in [0.5, 0.6) is 0 Å². The van der Waals surface area contributed by atoms with Crippen LogP contribution >= 0.6 is 0 Å². The van der Waals surface area contributed by atoms with E-state index < -0.39 is 0 Å². The molecule has 0 atom stereocenters. The molecule has 6 rings (SSSR count). The van der Waals surface area contributed by atoms with E-state index in [2.05, 4.69) is 113 Å². The molecule has 0 aliphatic carbocycles. The first-order chi connectivity index (χ1) is 15.5. The second-order valence-electron chi connectivity index (χ2n) is 9.75. The van der Waals surface area contributed by atoms with Gasteiger partial charge in [0, 0.05) is 0 Å². The van der Waals surface area contributed by atoms with Crippen molar-refractivity contribution in [1.82, 2.24) is 0 Å². The Labute approximate surface area is 189 Å². The van der Waals surface area contributed by atoms with Crippen molar-refractivity contribution in [3.63, 3.8) is 0 Å². The Balaban J connectivity index is 1.73. The van der Waals surface area contributed by atoms with Crippen LogP contribution in [0.15, 0.2) is 84.9 Å². The summed E-state index contributed by atoms with van der Waals surface area (Å²) in [7, 11) is 0. The second kappa shape index (κ2) is 7.07. The fourth-order valence-corrected chi connectivity index (χ4v) is 5.54. The first-order valence-corrected chi connectivity index (χ1v) is 11.8. The molecular weight excluding hydrogens is 384 g/mol. The summed E-state index contributed by atoms with van der Waals surface area (Å²) in [6.45, 7) is 9.08. The summed E-state index contributed by atoms with van der Waals surface area (Å²) in [5, 5.41) is 11.0. The molecule has 0 fully saturated rings.